The standard InChI is InChI=1S/C13H13NO2S/c1-10(14-15)12-4-2-3-5-13(12)16-8-11-6-7-17-9-11/h2-7,9,15H,8H2,1H3/b14-10+. The maximum absolute atomic E-state index is 8.80. The molecule has 1 aromatic heterocycles. The normalized spacial score (nSPS) is 11.5. The minimum atomic E-state index is 0.527. The fraction of sp³-hybridized carbons (Fsp3) is 0.154. The topological polar surface area (TPSA) is 41.8 Å². The summed E-state index contributed by atoms with van der Waals surface area (Å²) in [6, 6.07) is 9.56. The van der Waals surface area contributed by atoms with Gasteiger partial charge >= 0.3 is 0 Å². The van der Waals surface area contributed by atoms with Gasteiger partial charge in [0, 0.05) is 5.56 Å². The van der Waals surface area contributed by atoms with E-state index in [1.807, 2.05) is 35.7 Å². The molecule has 0 amide bonds. The first-order valence-corrected chi connectivity index (χ1v) is 6.17. The van der Waals surface area contributed by atoms with Gasteiger partial charge in [-0.15, -0.1) is 0 Å². The Labute approximate surface area is 104 Å². The largest absolute Gasteiger partial charge is 0.488 e. The summed E-state index contributed by atoms with van der Waals surface area (Å²) in [7, 11) is 0. The summed E-state index contributed by atoms with van der Waals surface area (Å²) in [6.45, 7) is 2.27. The van der Waals surface area contributed by atoms with E-state index in [1.54, 1.807) is 18.3 Å². The highest BCUT2D eigenvalue weighted by Gasteiger charge is 2.06. The monoisotopic (exact) mass is 247 g/mol. The summed E-state index contributed by atoms with van der Waals surface area (Å²) in [6.07, 6.45) is 0. The van der Waals surface area contributed by atoms with Crippen LogP contribution in [0.15, 0.2) is 46.2 Å². The van der Waals surface area contributed by atoms with Crippen molar-refractivity contribution in [3.63, 3.8) is 0 Å². The quantitative estimate of drug-likeness (QED) is 0.510. The number of oxime groups is 1. The van der Waals surface area contributed by atoms with E-state index < -0.39 is 0 Å². The molecule has 0 saturated carbocycles. The highest BCUT2D eigenvalue weighted by Crippen LogP contribution is 2.20. The second-order valence-electron chi connectivity index (χ2n) is 3.60. The summed E-state index contributed by atoms with van der Waals surface area (Å²) >= 11 is 1.65. The molecular formula is C13H13NO2S. The third-order valence-corrected chi connectivity index (χ3v) is 3.13. The number of benzene rings is 1. The molecule has 0 saturated heterocycles. The maximum atomic E-state index is 8.80. The lowest BCUT2D eigenvalue weighted by atomic mass is 10.1. The summed E-state index contributed by atoms with van der Waals surface area (Å²) < 4.78 is 5.72. The van der Waals surface area contributed by atoms with E-state index in [0.29, 0.717) is 12.3 Å². The third kappa shape index (κ3) is 2.85. The van der Waals surface area contributed by atoms with Crippen molar-refractivity contribution in [2.45, 2.75) is 13.5 Å². The van der Waals surface area contributed by atoms with Gasteiger partial charge in [0.15, 0.2) is 0 Å². The van der Waals surface area contributed by atoms with Gasteiger partial charge in [-0.05, 0) is 41.4 Å². The maximum Gasteiger partial charge on any atom is 0.128 e. The van der Waals surface area contributed by atoms with Crippen LogP contribution < -0.4 is 4.74 Å². The number of thiophene rings is 1. The van der Waals surface area contributed by atoms with Gasteiger partial charge in [-0.2, -0.15) is 11.3 Å². The molecule has 4 heteroatoms. The lowest BCUT2D eigenvalue weighted by Crippen LogP contribution is -2.01. The molecule has 1 N–H and O–H groups in total. The summed E-state index contributed by atoms with van der Waals surface area (Å²) in [5, 5.41) is 16.1. The molecule has 0 aliphatic rings. The van der Waals surface area contributed by atoms with Crippen LogP contribution in [0, 0.1) is 0 Å². The number of hydrogen-bond donors (Lipinski definition) is 1. The minimum absolute atomic E-state index is 0.527. The molecule has 2 rings (SSSR count). The lowest BCUT2D eigenvalue weighted by molar-refractivity contribution is 0.304. The molecule has 1 heterocycles. The van der Waals surface area contributed by atoms with Crippen LogP contribution in [0.5, 0.6) is 5.75 Å². The molecule has 0 spiro atoms. The van der Waals surface area contributed by atoms with Crippen LogP contribution in [-0.4, -0.2) is 10.9 Å². The fourth-order valence-electron chi connectivity index (χ4n) is 1.48. The molecule has 0 bridgehead atoms. The third-order valence-electron chi connectivity index (χ3n) is 2.40. The molecule has 2 aromatic rings. The van der Waals surface area contributed by atoms with E-state index >= 15 is 0 Å². The number of nitrogens with zero attached hydrogens (tertiary/aromatic N) is 1. The van der Waals surface area contributed by atoms with Crippen LogP contribution in [0.25, 0.3) is 0 Å². The van der Waals surface area contributed by atoms with Crippen molar-refractivity contribution >= 4 is 17.0 Å². The Balaban J connectivity index is 2.15. The Morgan fingerprint density at radius 3 is 2.88 bits per heavy atom. The lowest BCUT2D eigenvalue weighted by Gasteiger charge is -2.09. The highest BCUT2D eigenvalue weighted by molar-refractivity contribution is 7.07. The Morgan fingerprint density at radius 2 is 2.18 bits per heavy atom. The van der Waals surface area contributed by atoms with Gasteiger partial charge in [-0.1, -0.05) is 17.3 Å². The van der Waals surface area contributed by atoms with Crippen molar-refractivity contribution in [3.8, 4) is 5.75 Å². The van der Waals surface area contributed by atoms with Crippen LogP contribution in [0.3, 0.4) is 0 Å². The molecule has 0 radical (unpaired) electrons. The summed E-state index contributed by atoms with van der Waals surface area (Å²) in [4.78, 5) is 0. The average Bonchev–Trinajstić information content (AvgIpc) is 2.89. The van der Waals surface area contributed by atoms with Crippen molar-refractivity contribution in [2.75, 3.05) is 0 Å². The zero-order valence-corrected chi connectivity index (χ0v) is 10.3. The molecule has 0 unspecified atom stereocenters. The van der Waals surface area contributed by atoms with Crippen molar-refractivity contribution < 1.29 is 9.94 Å². The predicted octanol–water partition coefficient (Wildman–Crippen LogP) is 3.53. The second-order valence-corrected chi connectivity index (χ2v) is 4.38. The average molecular weight is 247 g/mol. The zero-order valence-electron chi connectivity index (χ0n) is 9.46. The molecular weight excluding hydrogens is 234 g/mol. The molecule has 0 aliphatic heterocycles. The van der Waals surface area contributed by atoms with Gasteiger partial charge in [0.25, 0.3) is 0 Å². The smallest absolute Gasteiger partial charge is 0.128 e. The van der Waals surface area contributed by atoms with Crippen molar-refractivity contribution in [2.24, 2.45) is 5.16 Å². The van der Waals surface area contributed by atoms with E-state index in [-0.39, 0.29) is 0 Å². The van der Waals surface area contributed by atoms with Crippen LogP contribution in [0.2, 0.25) is 0 Å². The molecule has 0 aliphatic carbocycles. The Morgan fingerprint density at radius 1 is 1.35 bits per heavy atom. The highest BCUT2D eigenvalue weighted by atomic mass is 32.1. The van der Waals surface area contributed by atoms with Gasteiger partial charge in [-0.3, -0.25) is 0 Å². The van der Waals surface area contributed by atoms with Crippen molar-refractivity contribution in [1.29, 1.82) is 0 Å². The fourth-order valence-corrected chi connectivity index (χ4v) is 2.13. The predicted molar refractivity (Wildman–Crippen MR) is 69.1 cm³/mol. The molecule has 0 atom stereocenters. The minimum Gasteiger partial charge on any atom is -0.488 e. The van der Waals surface area contributed by atoms with Gasteiger partial charge in [0.05, 0.1) is 5.71 Å². The van der Waals surface area contributed by atoms with Crippen LogP contribution in [0.4, 0.5) is 0 Å². The van der Waals surface area contributed by atoms with Gasteiger partial charge in [-0.25, -0.2) is 0 Å². The first-order valence-electron chi connectivity index (χ1n) is 5.23. The SMILES string of the molecule is C/C(=N\O)c1ccccc1OCc1ccsc1. The van der Waals surface area contributed by atoms with Crippen molar-refractivity contribution in [1.82, 2.24) is 0 Å². The van der Waals surface area contributed by atoms with E-state index in [2.05, 4.69) is 10.5 Å². The zero-order chi connectivity index (χ0) is 12.1. The van der Waals surface area contributed by atoms with Crippen molar-refractivity contribution in [3.05, 3.63) is 52.2 Å². The van der Waals surface area contributed by atoms with Crippen LogP contribution in [-0.2, 0) is 6.61 Å². The summed E-state index contributed by atoms with van der Waals surface area (Å²) in [5.74, 6) is 0.731. The Bertz CT molecular complexity index is 506. The van der Waals surface area contributed by atoms with Gasteiger partial charge in [0.2, 0.25) is 0 Å². The van der Waals surface area contributed by atoms with E-state index in [9.17, 15) is 0 Å². The molecule has 3 nitrogen and oxygen atoms in total. The first-order chi connectivity index (χ1) is 8.31. The molecule has 1 aromatic carbocycles. The van der Waals surface area contributed by atoms with Crippen LogP contribution in [0.1, 0.15) is 18.1 Å². The first kappa shape index (κ1) is 11.7. The summed E-state index contributed by atoms with van der Waals surface area (Å²) in [5.41, 5.74) is 2.50. The van der Waals surface area contributed by atoms with Crippen LogP contribution >= 0.6 is 11.3 Å². The van der Waals surface area contributed by atoms with E-state index in [0.717, 1.165) is 16.9 Å². The van der Waals surface area contributed by atoms with Gasteiger partial charge in [0.1, 0.15) is 12.4 Å². The Kier molecular flexibility index (Phi) is 3.77. The molecule has 88 valence electrons. The number of ether oxygens (including phenoxy) is 1. The Hall–Kier alpha value is -1.81. The molecule has 17 heavy (non-hydrogen) atoms. The van der Waals surface area contributed by atoms with Gasteiger partial charge < -0.3 is 9.94 Å². The second kappa shape index (κ2) is 5.50. The van der Waals surface area contributed by atoms with E-state index in [1.165, 1.54) is 0 Å². The number of hydrogen-bond acceptors (Lipinski definition) is 4. The van der Waals surface area contributed by atoms with E-state index in [4.69, 9.17) is 9.94 Å². The number of para-hydroxylation sites is 1. The number of rotatable bonds is 4. The molecule has 0 fully saturated rings.